The zero-order chi connectivity index (χ0) is 15.6. The van der Waals surface area contributed by atoms with E-state index in [4.69, 9.17) is 0 Å². The highest BCUT2D eigenvalue weighted by molar-refractivity contribution is 5.96. The number of aromatic hydroxyl groups is 1. The second kappa shape index (κ2) is 5.77. The van der Waals surface area contributed by atoms with Crippen LogP contribution in [0, 0.1) is 0 Å². The Bertz CT molecular complexity index is 861. The summed E-state index contributed by atoms with van der Waals surface area (Å²) in [5, 5.41) is 9.50. The highest BCUT2D eigenvalue weighted by Crippen LogP contribution is 2.38. The van der Waals surface area contributed by atoms with Crippen molar-refractivity contribution in [2.24, 2.45) is 0 Å². The number of hydrogen-bond donors (Lipinski definition) is 1. The standard InChI is InChI=1S/C22H18O/c23-19-13-9-16(10-14-19)15-22-20-7-3-1-5-17(20)11-12-18-6-2-4-8-21(18)22/h1-5,7-10,12-15,23H,6,11H2/b22-15-. The van der Waals surface area contributed by atoms with Crippen molar-refractivity contribution in [2.75, 3.05) is 0 Å². The Morgan fingerprint density at radius 3 is 2.61 bits per heavy atom. The van der Waals surface area contributed by atoms with E-state index in [-0.39, 0.29) is 0 Å². The molecule has 0 amide bonds. The molecule has 0 unspecified atom stereocenters. The monoisotopic (exact) mass is 298 g/mol. The summed E-state index contributed by atoms with van der Waals surface area (Å²) in [4.78, 5) is 0. The fourth-order valence-electron chi connectivity index (χ4n) is 3.26. The molecule has 2 aromatic carbocycles. The van der Waals surface area contributed by atoms with Gasteiger partial charge in [0.25, 0.3) is 0 Å². The number of phenols is 1. The molecule has 2 aromatic rings. The SMILES string of the molecule is Oc1ccc(/C=C2\C3=CC=CCC3=CCc3ccccc32)cc1. The molecule has 0 heterocycles. The molecule has 1 nitrogen and oxygen atoms in total. The van der Waals surface area contributed by atoms with Crippen LogP contribution in [-0.2, 0) is 6.42 Å². The van der Waals surface area contributed by atoms with E-state index in [9.17, 15) is 5.11 Å². The van der Waals surface area contributed by atoms with Crippen LogP contribution in [0.2, 0.25) is 0 Å². The van der Waals surface area contributed by atoms with E-state index < -0.39 is 0 Å². The lowest BCUT2D eigenvalue weighted by Crippen LogP contribution is -1.96. The van der Waals surface area contributed by atoms with Crippen LogP contribution in [0.5, 0.6) is 5.75 Å². The zero-order valence-electron chi connectivity index (χ0n) is 12.9. The highest BCUT2D eigenvalue weighted by Gasteiger charge is 2.19. The fraction of sp³-hybridized carbons (Fsp3) is 0.0909. The van der Waals surface area contributed by atoms with Crippen molar-refractivity contribution >= 4 is 11.6 Å². The van der Waals surface area contributed by atoms with Gasteiger partial charge in [-0.3, -0.25) is 0 Å². The number of allylic oxidation sites excluding steroid dienone is 7. The van der Waals surface area contributed by atoms with Crippen molar-refractivity contribution in [1.29, 1.82) is 0 Å². The Morgan fingerprint density at radius 1 is 0.913 bits per heavy atom. The van der Waals surface area contributed by atoms with Gasteiger partial charge in [-0.15, -0.1) is 0 Å². The molecule has 112 valence electrons. The minimum absolute atomic E-state index is 0.300. The van der Waals surface area contributed by atoms with Gasteiger partial charge in [-0.05, 0) is 64.5 Å². The zero-order valence-corrected chi connectivity index (χ0v) is 12.9. The Morgan fingerprint density at radius 2 is 1.74 bits per heavy atom. The maximum absolute atomic E-state index is 9.50. The molecular formula is C22H18O. The average Bonchev–Trinajstić information content (AvgIpc) is 2.75. The first-order valence-electron chi connectivity index (χ1n) is 7.97. The van der Waals surface area contributed by atoms with E-state index in [2.05, 4.69) is 54.6 Å². The topological polar surface area (TPSA) is 20.2 Å². The van der Waals surface area contributed by atoms with E-state index in [1.54, 1.807) is 12.1 Å². The molecule has 0 aliphatic heterocycles. The Hall–Kier alpha value is -2.80. The predicted octanol–water partition coefficient (Wildman–Crippen LogP) is 5.30. The van der Waals surface area contributed by atoms with Crippen LogP contribution in [-0.4, -0.2) is 5.11 Å². The van der Waals surface area contributed by atoms with E-state index in [1.807, 2.05) is 12.1 Å². The van der Waals surface area contributed by atoms with Gasteiger partial charge in [-0.25, -0.2) is 0 Å². The lowest BCUT2D eigenvalue weighted by Gasteiger charge is -2.17. The van der Waals surface area contributed by atoms with E-state index in [1.165, 1.54) is 27.8 Å². The minimum atomic E-state index is 0.300. The number of benzene rings is 2. The molecular weight excluding hydrogens is 280 g/mol. The Labute approximate surface area is 136 Å². The van der Waals surface area contributed by atoms with Crippen molar-refractivity contribution < 1.29 is 5.11 Å². The molecule has 0 spiro atoms. The largest absolute Gasteiger partial charge is 0.508 e. The third-order valence-corrected chi connectivity index (χ3v) is 4.45. The Kier molecular flexibility index (Phi) is 3.47. The molecule has 0 aromatic heterocycles. The third-order valence-electron chi connectivity index (χ3n) is 4.45. The number of rotatable bonds is 1. The van der Waals surface area contributed by atoms with Crippen molar-refractivity contribution in [3.05, 3.63) is 101 Å². The van der Waals surface area contributed by atoms with Crippen LogP contribution in [0.4, 0.5) is 0 Å². The minimum Gasteiger partial charge on any atom is -0.508 e. The van der Waals surface area contributed by atoms with Crippen LogP contribution >= 0.6 is 0 Å². The van der Waals surface area contributed by atoms with Crippen LogP contribution in [0.3, 0.4) is 0 Å². The summed E-state index contributed by atoms with van der Waals surface area (Å²) < 4.78 is 0. The average molecular weight is 298 g/mol. The maximum atomic E-state index is 9.50. The van der Waals surface area contributed by atoms with E-state index in [0.29, 0.717) is 5.75 Å². The summed E-state index contributed by atoms with van der Waals surface area (Å²) in [5.41, 5.74) is 7.73. The Balaban J connectivity index is 1.92. The molecule has 0 saturated heterocycles. The van der Waals surface area contributed by atoms with Gasteiger partial charge in [-0.2, -0.15) is 0 Å². The van der Waals surface area contributed by atoms with Gasteiger partial charge >= 0.3 is 0 Å². The van der Waals surface area contributed by atoms with Gasteiger partial charge in [0, 0.05) is 0 Å². The normalized spacial score (nSPS) is 17.8. The summed E-state index contributed by atoms with van der Waals surface area (Å²) in [5.74, 6) is 0.300. The number of fused-ring (bicyclic) bond motifs is 2. The van der Waals surface area contributed by atoms with Crippen LogP contribution < -0.4 is 0 Å². The molecule has 0 saturated carbocycles. The van der Waals surface area contributed by atoms with Crippen LogP contribution in [0.1, 0.15) is 23.1 Å². The second-order valence-electron chi connectivity index (χ2n) is 5.95. The summed E-state index contributed by atoms with van der Waals surface area (Å²) in [6.07, 6.45) is 13.1. The molecule has 1 N–H and O–H groups in total. The van der Waals surface area contributed by atoms with Crippen molar-refractivity contribution in [3.63, 3.8) is 0 Å². The fourth-order valence-corrected chi connectivity index (χ4v) is 3.26. The van der Waals surface area contributed by atoms with Crippen molar-refractivity contribution in [1.82, 2.24) is 0 Å². The van der Waals surface area contributed by atoms with Gasteiger partial charge < -0.3 is 5.11 Å². The van der Waals surface area contributed by atoms with Crippen molar-refractivity contribution in [2.45, 2.75) is 12.8 Å². The van der Waals surface area contributed by atoms with Crippen LogP contribution in [0.25, 0.3) is 11.6 Å². The lowest BCUT2D eigenvalue weighted by atomic mass is 9.87. The smallest absolute Gasteiger partial charge is 0.115 e. The third kappa shape index (κ3) is 2.66. The summed E-state index contributed by atoms with van der Waals surface area (Å²) in [6.45, 7) is 0. The molecule has 2 aliphatic rings. The van der Waals surface area contributed by atoms with Gasteiger partial charge in [0.1, 0.15) is 5.75 Å². The molecule has 2 aliphatic carbocycles. The second-order valence-corrected chi connectivity index (χ2v) is 5.95. The van der Waals surface area contributed by atoms with Gasteiger partial charge in [0.2, 0.25) is 0 Å². The van der Waals surface area contributed by atoms with Crippen LogP contribution in [0.15, 0.2) is 84.0 Å². The molecule has 4 rings (SSSR count). The molecule has 1 heteroatoms. The van der Waals surface area contributed by atoms with Gasteiger partial charge in [-0.1, -0.05) is 60.7 Å². The lowest BCUT2D eigenvalue weighted by molar-refractivity contribution is 0.475. The molecule has 23 heavy (non-hydrogen) atoms. The summed E-state index contributed by atoms with van der Waals surface area (Å²) in [7, 11) is 0. The number of phenolic OH excluding ortho intramolecular Hbond substituents is 1. The first-order valence-corrected chi connectivity index (χ1v) is 7.97. The molecule has 0 atom stereocenters. The van der Waals surface area contributed by atoms with E-state index >= 15 is 0 Å². The number of hydrogen-bond acceptors (Lipinski definition) is 1. The van der Waals surface area contributed by atoms with E-state index in [0.717, 1.165) is 18.4 Å². The van der Waals surface area contributed by atoms with Gasteiger partial charge in [0.05, 0.1) is 0 Å². The van der Waals surface area contributed by atoms with Crippen molar-refractivity contribution in [3.8, 4) is 5.75 Å². The summed E-state index contributed by atoms with van der Waals surface area (Å²) in [6, 6.07) is 16.0. The first kappa shape index (κ1) is 13.8. The maximum Gasteiger partial charge on any atom is 0.115 e. The first-order chi connectivity index (χ1) is 11.3. The molecule has 0 radical (unpaired) electrons. The summed E-state index contributed by atoms with van der Waals surface area (Å²) >= 11 is 0. The van der Waals surface area contributed by atoms with Gasteiger partial charge in [0.15, 0.2) is 0 Å². The molecule has 0 bridgehead atoms. The quantitative estimate of drug-likeness (QED) is 0.757. The molecule has 0 fully saturated rings. The highest BCUT2D eigenvalue weighted by atomic mass is 16.3. The predicted molar refractivity (Wildman–Crippen MR) is 96.0 cm³/mol.